The van der Waals surface area contributed by atoms with Gasteiger partial charge in [-0.05, 0) is 25.1 Å². The molecule has 0 radical (unpaired) electrons. The first-order valence-corrected chi connectivity index (χ1v) is 4.81. The van der Waals surface area contributed by atoms with Crippen LogP contribution < -0.4 is 5.73 Å². The molecule has 2 rings (SSSR count). The van der Waals surface area contributed by atoms with Crippen LogP contribution in [0.5, 0.6) is 0 Å². The minimum Gasteiger partial charge on any atom is -0.459 e. The fraction of sp³-hybridized carbons (Fsp3) is 0.273. The van der Waals surface area contributed by atoms with Gasteiger partial charge in [0, 0.05) is 10.9 Å². The maximum Gasteiger partial charge on any atom is 0.410 e. The summed E-state index contributed by atoms with van der Waals surface area (Å²) in [6.45, 7) is 1.42. The van der Waals surface area contributed by atoms with E-state index in [9.17, 15) is 17.6 Å². The highest BCUT2D eigenvalue weighted by Gasteiger charge is 2.41. The largest absolute Gasteiger partial charge is 0.459 e. The molecule has 17 heavy (non-hydrogen) atoms. The number of hydrogen-bond acceptors (Lipinski definition) is 2. The zero-order valence-corrected chi connectivity index (χ0v) is 8.81. The van der Waals surface area contributed by atoms with Gasteiger partial charge in [-0.3, -0.25) is 0 Å². The van der Waals surface area contributed by atoms with Crippen molar-refractivity contribution in [2.24, 2.45) is 5.73 Å². The smallest absolute Gasteiger partial charge is 0.410 e. The van der Waals surface area contributed by atoms with Crippen molar-refractivity contribution in [2.75, 3.05) is 0 Å². The third kappa shape index (κ3) is 2.00. The lowest BCUT2D eigenvalue weighted by atomic mass is 10.1. The van der Waals surface area contributed by atoms with Gasteiger partial charge in [-0.2, -0.15) is 13.2 Å². The van der Waals surface area contributed by atoms with Gasteiger partial charge in [-0.15, -0.1) is 0 Å². The molecule has 0 aliphatic heterocycles. The summed E-state index contributed by atoms with van der Waals surface area (Å²) in [6.07, 6.45) is -4.59. The summed E-state index contributed by atoms with van der Waals surface area (Å²) in [7, 11) is 0. The zero-order chi connectivity index (χ0) is 12.8. The molecule has 1 unspecified atom stereocenters. The van der Waals surface area contributed by atoms with Crippen LogP contribution in [-0.4, -0.2) is 6.18 Å². The Hall–Kier alpha value is -1.56. The third-order valence-corrected chi connectivity index (χ3v) is 2.57. The minimum absolute atomic E-state index is 0.193. The van der Waals surface area contributed by atoms with Crippen LogP contribution in [-0.2, 0) is 0 Å². The van der Waals surface area contributed by atoms with E-state index in [-0.39, 0.29) is 16.9 Å². The van der Waals surface area contributed by atoms with E-state index in [1.165, 1.54) is 13.0 Å². The van der Waals surface area contributed by atoms with Crippen molar-refractivity contribution in [3.8, 4) is 0 Å². The summed E-state index contributed by atoms with van der Waals surface area (Å²) in [5.74, 6) is -0.911. The molecule has 1 aromatic heterocycles. The van der Waals surface area contributed by atoms with Gasteiger partial charge in [-0.1, -0.05) is 0 Å². The second kappa shape index (κ2) is 3.73. The molecular formula is C11H9F4NO. The number of nitrogens with two attached hydrogens (primary N) is 1. The van der Waals surface area contributed by atoms with Crippen LogP contribution in [0.15, 0.2) is 22.6 Å². The highest BCUT2D eigenvalue weighted by atomic mass is 19.4. The topological polar surface area (TPSA) is 39.2 Å². The van der Waals surface area contributed by atoms with E-state index in [2.05, 4.69) is 0 Å². The van der Waals surface area contributed by atoms with Gasteiger partial charge >= 0.3 is 6.18 Å². The first-order chi connectivity index (χ1) is 7.80. The van der Waals surface area contributed by atoms with Gasteiger partial charge in [0.2, 0.25) is 0 Å². The molecule has 0 saturated heterocycles. The maximum atomic E-state index is 13.0. The van der Waals surface area contributed by atoms with Crippen LogP contribution in [0.25, 0.3) is 11.0 Å². The molecule has 0 spiro atoms. The average molecular weight is 247 g/mol. The van der Waals surface area contributed by atoms with Crippen molar-refractivity contribution in [1.29, 1.82) is 0 Å². The number of furan rings is 1. The molecule has 92 valence electrons. The second-order valence-corrected chi connectivity index (χ2v) is 3.75. The number of rotatable bonds is 1. The van der Waals surface area contributed by atoms with E-state index >= 15 is 0 Å². The molecule has 1 aromatic carbocycles. The fourth-order valence-corrected chi connectivity index (χ4v) is 1.66. The Bertz CT molecular complexity index is 558. The highest BCUT2D eigenvalue weighted by molar-refractivity contribution is 5.82. The fourth-order valence-electron chi connectivity index (χ4n) is 1.66. The Labute approximate surface area is 94.0 Å². The van der Waals surface area contributed by atoms with Crippen molar-refractivity contribution < 1.29 is 22.0 Å². The van der Waals surface area contributed by atoms with Crippen molar-refractivity contribution in [1.82, 2.24) is 0 Å². The summed E-state index contributed by atoms with van der Waals surface area (Å²) in [4.78, 5) is 0. The van der Waals surface area contributed by atoms with Crippen LogP contribution in [0.2, 0.25) is 0 Å². The van der Waals surface area contributed by atoms with Gasteiger partial charge in [-0.25, -0.2) is 4.39 Å². The van der Waals surface area contributed by atoms with Crippen LogP contribution in [0.4, 0.5) is 17.6 Å². The highest BCUT2D eigenvalue weighted by Crippen LogP contribution is 2.36. The second-order valence-electron chi connectivity index (χ2n) is 3.75. The van der Waals surface area contributed by atoms with Gasteiger partial charge in [0.15, 0.2) is 6.04 Å². The van der Waals surface area contributed by atoms with Crippen LogP contribution >= 0.6 is 0 Å². The molecule has 0 amide bonds. The standard InChI is InChI=1S/C11H9F4NO/c1-5-7-4-6(12)2-3-8(7)17-9(5)10(16)11(13,14)15/h2-4,10H,16H2,1H3. The molecule has 2 aromatic rings. The number of fused-ring (bicyclic) bond motifs is 1. The molecule has 6 heteroatoms. The number of benzene rings is 1. The molecule has 0 fully saturated rings. The lowest BCUT2D eigenvalue weighted by Crippen LogP contribution is -2.28. The Balaban J connectivity index is 2.60. The summed E-state index contributed by atoms with van der Waals surface area (Å²) >= 11 is 0. The van der Waals surface area contributed by atoms with Crippen LogP contribution in [0.1, 0.15) is 17.4 Å². The van der Waals surface area contributed by atoms with Crippen molar-refractivity contribution in [3.63, 3.8) is 0 Å². The number of halogens is 4. The van der Waals surface area contributed by atoms with E-state index in [1.807, 2.05) is 0 Å². The van der Waals surface area contributed by atoms with Crippen LogP contribution in [0, 0.1) is 12.7 Å². The van der Waals surface area contributed by atoms with Gasteiger partial charge in [0.05, 0.1) is 0 Å². The molecule has 1 heterocycles. The Morgan fingerprint density at radius 3 is 2.53 bits per heavy atom. The van der Waals surface area contributed by atoms with E-state index in [1.54, 1.807) is 0 Å². The molecule has 2 N–H and O–H groups in total. The molecule has 0 bridgehead atoms. The summed E-state index contributed by atoms with van der Waals surface area (Å²) < 4.78 is 55.4. The molecule has 0 aliphatic carbocycles. The van der Waals surface area contributed by atoms with Crippen molar-refractivity contribution in [2.45, 2.75) is 19.1 Å². The summed E-state index contributed by atoms with van der Waals surface area (Å²) in [5, 5.41) is 0.305. The molecule has 0 saturated carbocycles. The van der Waals surface area contributed by atoms with Crippen molar-refractivity contribution in [3.05, 3.63) is 35.3 Å². The normalized spacial score (nSPS) is 14.2. The van der Waals surface area contributed by atoms with E-state index in [4.69, 9.17) is 10.2 Å². The van der Waals surface area contributed by atoms with Gasteiger partial charge in [0.25, 0.3) is 0 Å². The monoisotopic (exact) mass is 247 g/mol. The first-order valence-electron chi connectivity index (χ1n) is 4.81. The maximum absolute atomic E-state index is 13.0. The Morgan fingerprint density at radius 1 is 1.29 bits per heavy atom. The first kappa shape index (κ1) is 11.9. The summed E-state index contributed by atoms with van der Waals surface area (Å²) in [5.41, 5.74) is 5.47. The molecule has 2 nitrogen and oxygen atoms in total. The number of hydrogen-bond donors (Lipinski definition) is 1. The minimum atomic E-state index is -4.59. The van der Waals surface area contributed by atoms with Gasteiger partial charge in [0.1, 0.15) is 17.2 Å². The summed E-state index contributed by atoms with van der Waals surface area (Å²) in [6, 6.07) is 1.33. The predicted molar refractivity (Wildman–Crippen MR) is 53.9 cm³/mol. The number of alkyl halides is 3. The SMILES string of the molecule is Cc1c(C(N)C(F)(F)F)oc2ccc(F)cc12. The van der Waals surface area contributed by atoms with Crippen LogP contribution in [0.3, 0.4) is 0 Å². The molecule has 0 aliphatic rings. The van der Waals surface area contributed by atoms with E-state index in [0.717, 1.165) is 12.1 Å². The molecular weight excluding hydrogens is 238 g/mol. The lowest BCUT2D eigenvalue weighted by Gasteiger charge is -2.13. The third-order valence-electron chi connectivity index (χ3n) is 2.57. The van der Waals surface area contributed by atoms with E-state index in [0.29, 0.717) is 5.39 Å². The predicted octanol–water partition coefficient (Wildman–Crippen LogP) is 3.44. The lowest BCUT2D eigenvalue weighted by molar-refractivity contribution is -0.152. The number of aryl methyl sites for hydroxylation is 1. The zero-order valence-electron chi connectivity index (χ0n) is 8.81. The quantitative estimate of drug-likeness (QED) is 0.784. The molecule has 1 atom stereocenters. The van der Waals surface area contributed by atoms with E-state index < -0.39 is 18.0 Å². The Morgan fingerprint density at radius 2 is 1.94 bits per heavy atom. The Kier molecular flexibility index (Phi) is 2.61. The van der Waals surface area contributed by atoms with Crippen molar-refractivity contribution >= 4 is 11.0 Å². The van der Waals surface area contributed by atoms with Gasteiger partial charge < -0.3 is 10.2 Å². The average Bonchev–Trinajstić information content (AvgIpc) is 2.54.